The highest BCUT2D eigenvalue weighted by atomic mass is 32.2. The number of sulfone groups is 1. The minimum Gasteiger partial charge on any atom is -0.306 e. The molecule has 2 aliphatic heterocycles. The second kappa shape index (κ2) is 7.23. The zero-order valence-electron chi connectivity index (χ0n) is 13.9. The third kappa shape index (κ3) is 4.43. The van der Waals surface area contributed by atoms with Crippen LogP contribution in [0.1, 0.15) is 40.5 Å². The molecule has 4 nitrogen and oxygen atoms in total. The lowest BCUT2D eigenvalue weighted by molar-refractivity contribution is 0.0369. The van der Waals surface area contributed by atoms with Crippen molar-refractivity contribution in [2.45, 2.75) is 46.1 Å². The van der Waals surface area contributed by atoms with Gasteiger partial charge in [0.25, 0.3) is 0 Å². The predicted molar refractivity (Wildman–Crippen MR) is 85.9 cm³/mol. The molecule has 20 heavy (non-hydrogen) atoms. The molecule has 2 saturated heterocycles. The van der Waals surface area contributed by atoms with E-state index >= 15 is 0 Å². The van der Waals surface area contributed by atoms with Gasteiger partial charge in [-0.3, -0.25) is 4.90 Å². The zero-order chi connectivity index (χ0) is 15.4. The Morgan fingerprint density at radius 2 is 1.40 bits per heavy atom. The van der Waals surface area contributed by atoms with Crippen LogP contribution in [-0.2, 0) is 9.84 Å². The molecule has 0 aromatic carbocycles. The van der Waals surface area contributed by atoms with Crippen molar-refractivity contribution in [1.29, 1.82) is 0 Å². The second-order valence-corrected chi connectivity index (χ2v) is 8.67. The first-order valence-corrected chi connectivity index (χ1v) is 9.77. The van der Waals surface area contributed by atoms with Crippen LogP contribution in [0.3, 0.4) is 0 Å². The average Bonchev–Trinajstić information content (AvgIpc) is 2.41. The van der Waals surface area contributed by atoms with Gasteiger partial charge in [0.1, 0.15) is 0 Å². The molecule has 2 aliphatic rings. The Morgan fingerprint density at radius 1 is 0.950 bits per heavy atom. The molecule has 0 spiro atoms. The summed E-state index contributed by atoms with van der Waals surface area (Å²) in [5.74, 6) is 1.36. The van der Waals surface area contributed by atoms with E-state index in [1.165, 1.54) is 25.9 Å². The molecule has 2 fully saturated rings. The lowest BCUT2D eigenvalue weighted by atomic mass is 9.79. The fourth-order valence-corrected chi connectivity index (χ4v) is 4.46. The van der Waals surface area contributed by atoms with Gasteiger partial charge < -0.3 is 4.90 Å². The van der Waals surface area contributed by atoms with E-state index in [9.17, 15) is 8.42 Å². The number of hydrogen-bond acceptors (Lipinski definition) is 4. The summed E-state index contributed by atoms with van der Waals surface area (Å²) in [6.07, 6.45) is 2.46. The summed E-state index contributed by atoms with van der Waals surface area (Å²) < 4.78 is 23.0. The van der Waals surface area contributed by atoms with Crippen LogP contribution in [0.25, 0.3) is 0 Å². The van der Waals surface area contributed by atoms with Crippen molar-refractivity contribution in [1.82, 2.24) is 9.80 Å². The van der Waals surface area contributed by atoms with E-state index in [-0.39, 0.29) is 5.54 Å². The number of rotatable bonds is 2. The van der Waals surface area contributed by atoms with Crippen LogP contribution in [-0.4, -0.2) is 68.5 Å². The van der Waals surface area contributed by atoms with Gasteiger partial charge in [0.05, 0.1) is 11.5 Å². The Kier molecular flexibility index (Phi) is 6.48. The largest absolute Gasteiger partial charge is 0.306 e. The molecule has 0 atom stereocenters. The summed E-state index contributed by atoms with van der Waals surface area (Å²) in [7, 11) is -0.588. The fourth-order valence-electron chi connectivity index (χ4n) is 3.26. The van der Waals surface area contributed by atoms with E-state index in [2.05, 4.69) is 30.7 Å². The molecular formula is C15H32N2O2S. The van der Waals surface area contributed by atoms with Crippen molar-refractivity contribution in [2.75, 3.05) is 44.7 Å². The molecule has 0 saturated carbocycles. The Bertz CT molecular complexity index is 371. The van der Waals surface area contributed by atoms with Crippen LogP contribution >= 0.6 is 0 Å². The predicted octanol–water partition coefficient (Wildman–Crippen LogP) is 1.86. The first-order chi connectivity index (χ1) is 9.31. The first kappa shape index (κ1) is 17.9. The highest BCUT2D eigenvalue weighted by Crippen LogP contribution is 2.33. The standard InChI is InChI=1S/C13H26N2O2S.C2H6/c1-13(2,12-4-6-14(3)7-5-12)15-8-10-18(16,17)11-9-15;1-2/h12H,4-11H2,1-3H3;1-2H3. The van der Waals surface area contributed by atoms with Crippen molar-refractivity contribution < 1.29 is 8.42 Å². The lowest BCUT2D eigenvalue weighted by Crippen LogP contribution is -2.56. The molecule has 0 unspecified atom stereocenters. The highest BCUT2D eigenvalue weighted by molar-refractivity contribution is 7.91. The maximum absolute atomic E-state index is 11.5. The second-order valence-electron chi connectivity index (χ2n) is 6.37. The topological polar surface area (TPSA) is 40.6 Å². The molecule has 0 N–H and O–H groups in total. The van der Waals surface area contributed by atoms with Gasteiger partial charge in [-0.25, -0.2) is 8.42 Å². The monoisotopic (exact) mass is 304 g/mol. The zero-order valence-corrected chi connectivity index (χ0v) is 14.7. The maximum Gasteiger partial charge on any atom is 0.152 e. The molecular weight excluding hydrogens is 272 g/mol. The van der Waals surface area contributed by atoms with Gasteiger partial charge in [-0.15, -0.1) is 0 Å². The number of hydrogen-bond donors (Lipinski definition) is 0. The molecule has 5 heteroatoms. The Morgan fingerprint density at radius 3 is 1.85 bits per heavy atom. The van der Waals surface area contributed by atoms with Crippen LogP contribution < -0.4 is 0 Å². The molecule has 0 radical (unpaired) electrons. The van der Waals surface area contributed by atoms with E-state index in [1.807, 2.05) is 13.8 Å². The van der Waals surface area contributed by atoms with Gasteiger partial charge in [0, 0.05) is 18.6 Å². The van der Waals surface area contributed by atoms with Gasteiger partial charge in [0.15, 0.2) is 9.84 Å². The molecule has 0 aromatic rings. The van der Waals surface area contributed by atoms with Crippen molar-refractivity contribution in [2.24, 2.45) is 5.92 Å². The van der Waals surface area contributed by atoms with E-state index in [0.29, 0.717) is 30.5 Å². The van der Waals surface area contributed by atoms with Crippen LogP contribution in [0.15, 0.2) is 0 Å². The summed E-state index contributed by atoms with van der Waals surface area (Å²) in [4.78, 5) is 4.78. The lowest BCUT2D eigenvalue weighted by Gasteiger charge is -2.48. The van der Waals surface area contributed by atoms with Crippen molar-refractivity contribution in [3.05, 3.63) is 0 Å². The van der Waals surface area contributed by atoms with Gasteiger partial charge in [-0.05, 0) is 52.7 Å². The molecule has 0 amide bonds. The average molecular weight is 305 g/mol. The number of piperidine rings is 1. The van der Waals surface area contributed by atoms with Crippen LogP contribution in [0, 0.1) is 5.92 Å². The van der Waals surface area contributed by atoms with Gasteiger partial charge >= 0.3 is 0 Å². The van der Waals surface area contributed by atoms with Crippen LogP contribution in [0.5, 0.6) is 0 Å². The summed E-state index contributed by atoms with van der Waals surface area (Å²) in [5, 5.41) is 0. The Labute approximate surface area is 125 Å². The van der Waals surface area contributed by atoms with E-state index in [4.69, 9.17) is 0 Å². The van der Waals surface area contributed by atoms with Crippen LogP contribution in [0.4, 0.5) is 0 Å². The third-order valence-electron chi connectivity index (χ3n) is 4.88. The molecule has 2 rings (SSSR count). The number of nitrogens with zero attached hydrogens (tertiary/aromatic N) is 2. The summed E-state index contributed by atoms with van der Waals surface area (Å²) in [6, 6.07) is 0. The quantitative estimate of drug-likeness (QED) is 0.781. The molecule has 0 bridgehead atoms. The van der Waals surface area contributed by atoms with Crippen molar-refractivity contribution >= 4 is 9.84 Å². The smallest absolute Gasteiger partial charge is 0.152 e. The molecule has 2 heterocycles. The van der Waals surface area contributed by atoms with Crippen molar-refractivity contribution in [3.8, 4) is 0 Å². The summed E-state index contributed by atoms with van der Waals surface area (Å²) in [5.41, 5.74) is 0.136. The number of likely N-dealkylation sites (tertiary alicyclic amines) is 1. The van der Waals surface area contributed by atoms with Crippen molar-refractivity contribution in [3.63, 3.8) is 0 Å². The van der Waals surface area contributed by atoms with Gasteiger partial charge in [-0.1, -0.05) is 13.8 Å². The first-order valence-electron chi connectivity index (χ1n) is 7.95. The maximum atomic E-state index is 11.5. The third-order valence-corrected chi connectivity index (χ3v) is 6.49. The SMILES string of the molecule is CC.CN1CCC(C(C)(C)N2CCS(=O)(=O)CC2)CC1. The van der Waals surface area contributed by atoms with E-state index in [1.54, 1.807) is 0 Å². The molecule has 120 valence electrons. The van der Waals surface area contributed by atoms with Gasteiger partial charge in [-0.2, -0.15) is 0 Å². The van der Waals surface area contributed by atoms with Crippen LogP contribution in [0.2, 0.25) is 0 Å². The highest BCUT2D eigenvalue weighted by Gasteiger charge is 2.39. The summed E-state index contributed by atoms with van der Waals surface area (Å²) in [6.45, 7) is 12.3. The Hall–Kier alpha value is -0.130. The fraction of sp³-hybridized carbons (Fsp3) is 1.00. The van der Waals surface area contributed by atoms with E-state index < -0.39 is 9.84 Å². The minimum atomic E-state index is -2.77. The Balaban J connectivity index is 0.000000956. The van der Waals surface area contributed by atoms with Gasteiger partial charge in [0.2, 0.25) is 0 Å². The minimum absolute atomic E-state index is 0.136. The molecule has 0 aromatic heterocycles. The normalized spacial score (nSPS) is 25.9. The molecule has 0 aliphatic carbocycles. The summed E-state index contributed by atoms with van der Waals surface area (Å²) >= 11 is 0. The van der Waals surface area contributed by atoms with E-state index in [0.717, 1.165) is 0 Å².